The summed E-state index contributed by atoms with van der Waals surface area (Å²) in [6.45, 7) is 1.97. The molecular weight excluding hydrogens is 596 g/mol. The molecular formula is C31H31F2N3O7S. The number of nitrogens with one attached hydrogen (secondary N) is 2. The minimum absolute atomic E-state index is 0.161. The normalized spacial score (nSPS) is 18.3. The van der Waals surface area contributed by atoms with E-state index in [9.17, 15) is 33.1 Å². The van der Waals surface area contributed by atoms with Crippen LogP contribution in [0.2, 0.25) is 1.41 Å². The van der Waals surface area contributed by atoms with Crippen LogP contribution in [0.5, 0.6) is 5.75 Å². The van der Waals surface area contributed by atoms with Crippen molar-refractivity contribution in [2.45, 2.75) is 43.3 Å². The summed E-state index contributed by atoms with van der Waals surface area (Å²) in [6, 6.07) is 14.5. The van der Waals surface area contributed by atoms with E-state index in [0.29, 0.717) is 22.1 Å². The monoisotopic (exact) mass is 628 g/mol. The average Bonchev–Trinajstić information content (AvgIpc) is 3.03. The number of halogens is 2. The number of ether oxygens (including phenoxy) is 1. The first-order chi connectivity index (χ1) is 21.4. The fourth-order valence-corrected chi connectivity index (χ4v) is 5.73. The number of rotatable bonds is 13. The van der Waals surface area contributed by atoms with Crippen molar-refractivity contribution in [2.75, 3.05) is 17.3 Å². The van der Waals surface area contributed by atoms with Crippen molar-refractivity contribution in [2.24, 2.45) is 0 Å². The molecule has 13 heteroatoms. The van der Waals surface area contributed by atoms with Gasteiger partial charge in [-0.05, 0) is 73.5 Å². The third kappa shape index (κ3) is 7.91. The van der Waals surface area contributed by atoms with Gasteiger partial charge in [-0.15, -0.1) is 11.8 Å². The summed E-state index contributed by atoms with van der Waals surface area (Å²) in [4.78, 5) is 50.4. The Morgan fingerprint density at radius 1 is 0.977 bits per heavy atom. The predicted octanol–water partition coefficient (Wildman–Crippen LogP) is 3.36. The molecule has 1 aliphatic heterocycles. The molecule has 0 radical (unpaired) electrons. The molecule has 1 saturated heterocycles. The third-order valence-corrected chi connectivity index (χ3v) is 8.20. The van der Waals surface area contributed by atoms with Crippen LogP contribution in [0.25, 0.3) is 0 Å². The molecule has 232 valence electrons. The molecule has 1 fully saturated rings. The Labute approximate surface area is 257 Å². The second-order valence-corrected chi connectivity index (χ2v) is 11.3. The molecule has 0 spiro atoms. The molecule has 3 aromatic carbocycles. The Kier molecular flexibility index (Phi) is 10.1. The number of nitrogens with zero attached hydrogens (tertiary/aromatic N) is 1. The van der Waals surface area contributed by atoms with Crippen LogP contribution in [0.1, 0.15) is 37.1 Å². The summed E-state index contributed by atoms with van der Waals surface area (Å²) in [5.74, 6) is -3.60. The maximum absolute atomic E-state index is 13.6. The quantitative estimate of drug-likeness (QED) is 0.211. The SMILES string of the molecule is [2H]N(C(=O)COc1ccc([C@@H]2[C@@H](SCC(O)c3ccc(F)cc3)C(=O)N2c2ccc(F)cc2)cc1)[C@H](C)C(=O)N[C@@H](C)C(=O)O. The number of carbonyl (C=O) groups excluding carboxylic acids is 3. The lowest BCUT2D eigenvalue weighted by Gasteiger charge is -2.47. The topological polar surface area (TPSA) is 145 Å². The van der Waals surface area contributed by atoms with Gasteiger partial charge in [0.25, 0.3) is 5.91 Å². The average molecular weight is 629 g/mol. The lowest BCUT2D eigenvalue weighted by Crippen LogP contribution is -2.57. The number of amides is 3. The number of anilines is 1. The van der Waals surface area contributed by atoms with Crippen LogP contribution < -0.4 is 20.3 Å². The van der Waals surface area contributed by atoms with Crippen LogP contribution in [-0.4, -0.2) is 63.6 Å². The molecule has 3 aromatic rings. The Morgan fingerprint density at radius 2 is 1.57 bits per heavy atom. The number of hydrogen-bond donors (Lipinski definition) is 4. The van der Waals surface area contributed by atoms with E-state index in [1.54, 1.807) is 24.3 Å². The molecule has 0 saturated carbocycles. The molecule has 3 amide bonds. The second kappa shape index (κ2) is 14.3. The van der Waals surface area contributed by atoms with E-state index in [0.717, 1.165) is 0 Å². The van der Waals surface area contributed by atoms with Crippen molar-refractivity contribution in [3.05, 3.63) is 95.6 Å². The standard InChI is InChI=1S/C31H31F2N3O7S/c1-17(29(39)35-18(2)31(41)42)34-26(38)15-43-24-13-5-20(6-14-24)27-28(30(40)36(27)23-11-9-22(33)10-12-23)44-16-25(37)19-3-7-21(32)8-4-19/h3-14,17-18,25,27-28,37H,15-16H2,1-2H3,(H,34,38)(H,35,39)(H,41,42)/t17-,18+,25?,27-,28-/m1/s1/i/hD. The number of benzene rings is 3. The molecule has 1 heterocycles. The molecule has 44 heavy (non-hydrogen) atoms. The summed E-state index contributed by atoms with van der Waals surface area (Å²) in [7, 11) is 0. The van der Waals surface area contributed by atoms with Gasteiger partial charge in [0.05, 0.1) is 12.1 Å². The number of β-lactam (4-membered cyclic amide) rings is 1. The number of thioether (sulfide) groups is 1. The van der Waals surface area contributed by atoms with Crippen LogP contribution in [0.4, 0.5) is 14.5 Å². The molecule has 4 rings (SSSR count). The molecule has 4 N–H and O–H groups in total. The minimum atomic E-state index is -1.27. The van der Waals surface area contributed by atoms with Crippen molar-refractivity contribution in [1.82, 2.24) is 10.6 Å². The van der Waals surface area contributed by atoms with Gasteiger partial charge in [0.1, 0.15) is 34.7 Å². The zero-order chi connectivity index (χ0) is 32.8. The van der Waals surface area contributed by atoms with E-state index in [4.69, 9.17) is 11.3 Å². The van der Waals surface area contributed by atoms with Gasteiger partial charge < -0.3 is 30.5 Å². The van der Waals surface area contributed by atoms with E-state index in [-0.39, 0.29) is 17.4 Å². The van der Waals surface area contributed by atoms with Gasteiger partial charge >= 0.3 is 5.97 Å². The zero-order valence-corrected chi connectivity index (χ0v) is 24.5. The Hall–Kier alpha value is -4.49. The molecule has 0 aromatic heterocycles. The first-order valence-electron chi connectivity index (χ1n) is 14.0. The maximum Gasteiger partial charge on any atom is 0.325 e. The lowest BCUT2D eigenvalue weighted by atomic mass is 9.92. The van der Waals surface area contributed by atoms with Crippen LogP contribution in [0.3, 0.4) is 0 Å². The van der Waals surface area contributed by atoms with Crippen LogP contribution >= 0.6 is 11.8 Å². The number of carbonyl (C=O) groups is 4. The molecule has 10 nitrogen and oxygen atoms in total. The highest BCUT2D eigenvalue weighted by atomic mass is 32.2. The summed E-state index contributed by atoms with van der Waals surface area (Å²) in [5.41, 5.74) is 1.70. The van der Waals surface area contributed by atoms with Gasteiger partial charge in [0.15, 0.2) is 8.02 Å². The highest BCUT2D eigenvalue weighted by molar-refractivity contribution is 8.00. The van der Waals surface area contributed by atoms with E-state index >= 15 is 0 Å². The van der Waals surface area contributed by atoms with Crippen LogP contribution in [0.15, 0.2) is 72.8 Å². The number of carboxylic acid groups (broad SMARTS) is 1. The Balaban J connectivity index is 1.42. The fourth-order valence-electron chi connectivity index (χ4n) is 4.43. The van der Waals surface area contributed by atoms with Crippen molar-refractivity contribution in [3.8, 4) is 5.75 Å². The molecule has 1 aliphatic rings. The summed E-state index contributed by atoms with van der Waals surface area (Å²) in [5, 5.41) is 21.6. The van der Waals surface area contributed by atoms with Gasteiger partial charge in [0.2, 0.25) is 11.8 Å². The third-order valence-electron chi connectivity index (χ3n) is 6.87. The Morgan fingerprint density at radius 3 is 2.16 bits per heavy atom. The van der Waals surface area contributed by atoms with Gasteiger partial charge in [-0.25, -0.2) is 8.78 Å². The van der Waals surface area contributed by atoms with E-state index < -0.39 is 65.5 Å². The van der Waals surface area contributed by atoms with Crippen molar-refractivity contribution in [1.29, 1.82) is 0 Å². The number of aliphatic hydroxyl groups is 1. The number of hydrogen-bond acceptors (Lipinski definition) is 7. The van der Waals surface area contributed by atoms with E-state index in [1.807, 2.05) is 0 Å². The zero-order valence-electron chi connectivity index (χ0n) is 24.7. The molecule has 5 atom stereocenters. The van der Waals surface area contributed by atoms with Gasteiger partial charge in [-0.1, -0.05) is 24.3 Å². The van der Waals surface area contributed by atoms with Gasteiger partial charge in [-0.3, -0.25) is 19.2 Å². The second-order valence-electron chi connectivity index (χ2n) is 10.1. The molecule has 0 bridgehead atoms. The largest absolute Gasteiger partial charge is 0.484 e. The van der Waals surface area contributed by atoms with Crippen LogP contribution in [0, 0.1) is 11.6 Å². The molecule has 0 aliphatic carbocycles. The van der Waals surface area contributed by atoms with E-state index in [1.165, 1.54) is 79.0 Å². The van der Waals surface area contributed by atoms with E-state index in [2.05, 4.69) is 5.32 Å². The predicted molar refractivity (Wildman–Crippen MR) is 159 cm³/mol. The van der Waals surface area contributed by atoms with Gasteiger partial charge in [-0.2, -0.15) is 0 Å². The van der Waals surface area contributed by atoms with Crippen molar-refractivity contribution < 1.29 is 44.3 Å². The number of carboxylic acids is 1. The van der Waals surface area contributed by atoms with Crippen LogP contribution in [-0.2, 0) is 19.2 Å². The summed E-state index contributed by atoms with van der Waals surface area (Å²) in [6.07, 6.45) is -0.941. The highest BCUT2D eigenvalue weighted by Crippen LogP contribution is 2.46. The summed E-state index contributed by atoms with van der Waals surface area (Å²) < 4.78 is 40.3. The number of aliphatic hydroxyl groups excluding tert-OH is 1. The number of aliphatic carboxylic acids is 1. The highest BCUT2D eigenvalue weighted by Gasteiger charge is 2.49. The maximum atomic E-state index is 13.6. The lowest BCUT2D eigenvalue weighted by molar-refractivity contribution is -0.141. The van der Waals surface area contributed by atoms with Crippen molar-refractivity contribution >= 4 is 41.1 Å². The molecule has 1 unspecified atom stereocenters. The smallest absolute Gasteiger partial charge is 0.325 e. The first kappa shape index (κ1) is 31.0. The minimum Gasteiger partial charge on any atom is -0.484 e. The van der Waals surface area contributed by atoms with Crippen molar-refractivity contribution in [3.63, 3.8) is 0 Å². The van der Waals surface area contributed by atoms with Gasteiger partial charge in [0, 0.05) is 11.4 Å². The summed E-state index contributed by atoms with van der Waals surface area (Å²) >= 11 is 1.24. The first-order valence-corrected chi connectivity index (χ1v) is 14.6. The Bertz CT molecular complexity index is 1530. The fraction of sp³-hybridized carbons (Fsp3) is 0.290.